The molecule has 1 aliphatic rings. The van der Waals surface area contributed by atoms with Crippen LogP contribution in [0.5, 0.6) is 0 Å². The Kier molecular flexibility index (Phi) is 12.9. The van der Waals surface area contributed by atoms with E-state index in [0.29, 0.717) is 5.56 Å². The third-order valence-corrected chi connectivity index (χ3v) is 3.65. The van der Waals surface area contributed by atoms with E-state index in [-0.39, 0.29) is 0 Å². The quantitative estimate of drug-likeness (QED) is 0.225. The molecule has 0 heterocycles. The molecular weight excluding hydrogens is 441 g/mol. The number of fused-ring (bicyclic) bond motifs is 3. The van der Waals surface area contributed by atoms with Crippen molar-refractivity contribution < 1.29 is 21.8 Å². The summed E-state index contributed by atoms with van der Waals surface area (Å²) in [6.07, 6.45) is 1.05. The number of rotatable bonds is 1. The molecule has 6 heteroatoms. The largest absolute Gasteiger partial charge is 0.664 e. The van der Waals surface area contributed by atoms with Crippen LogP contribution in [0.4, 0.5) is 0 Å². The molecule has 0 aromatic heterocycles. The third kappa shape index (κ3) is 8.34. The Morgan fingerprint density at radius 3 is 2.07 bits per heavy atom. The van der Waals surface area contributed by atoms with E-state index in [1.807, 2.05) is 12.1 Å². The summed E-state index contributed by atoms with van der Waals surface area (Å²) in [5.74, 6) is -0.629. The smallest absolute Gasteiger partial charge is 0.0796 e. The second kappa shape index (κ2) is 14.6. The van der Waals surface area contributed by atoms with Crippen LogP contribution in [0.25, 0.3) is 16.9 Å². The standard InChI is InChI=1S/C13H9.C7H7NO.C2H7Si.2ClH.Ti/c1-3-7-12-10(5-1)9-11-6-2-4-8-13(11)12;8-7(9)6-4-2-1-3-5-6;1-3-2;;;/h1-5,7-8H,9H2;1-5H,(H2,8,9);3H,1-2H3;2*1H;/q-1;;;;;+2/p-3. The van der Waals surface area contributed by atoms with E-state index in [0.717, 1.165) is 15.9 Å². The van der Waals surface area contributed by atoms with Crippen LogP contribution in [0, 0.1) is 6.07 Å². The molecule has 0 bridgehead atoms. The normalized spacial score (nSPS) is 9.71. The van der Waals surface area contributed by atoms with Gasteiger partial charge in [-0.2, -0.15) is 29.8 Å². The molecule has 1 amide bonds. The summed E-state index contributed by atoms with van der Waals surface area (Å²) < 4.78 is 0. The minimum Gasteiger partial charge on any atom is -0.664 e. The molecule has 3 aromatic rings. The van der Waals surface area contributed by atoms with Gasteiger partial charge in [-0.3, -0.25) is 0 Å². The topological polar surface area (TPSA) is 40.9 Å². The molecule has 28 heavy (non-hydrogen) atoms. The van der Waals surface area contributed by atoms with Gasteiger partial charge in [0.1, 0.15) is 0 Å². The minimum absolute atomic E-state index is 0.442. The van der Waals surface area contributed by atoms with Gasteiger partial charge in [0.15, 0.2) is 0 Å². The van der Waals surface area contributed by atoms with Gasteiger partial charge in [-0.15, -0.1) is 5.56 Å². The molecule has 0 spiro atoms. The van der Waals surface area contributed by atoms with Crippen LogP contribution in [0.2, 0.25) is 13.1 Å². The van der Waals surface area contributed by atoms with Crippen LogP contribution < -0.4 is 0 Å². The number of carbonyl (C=O) groups is 1. The summed E-state index contributed by atoms with van der Waals surface area (Å²) in [4.78, 5) is 10.3. The van der Waals surface area contributed by atoms with Crippen molar-refractivity contribution in [2.24, 2.45) is 0 Å². The van der Waals surface area contributed by atoms with E-state index >= 15 is 0 Å². The zero-order valence-electron chi connectivity index (χ0n) is 15.9. The molecule has 0 aliphatic heterocycles. The van der Waals surface area contributed by atoms with Gasteiger partial charge in [-0.25, -0.2) is 0 Å². The van der Waals surface area contributed by atoms with Crippen molar-refractivity contribution in [1.29, 1.82) is 0 Å². The second-order valence-electron chi connectivity index (χ2n) is 5.74. The summed E-state index contributed by atoms with van der Waals surface area (Å²) in [6, 6.07) is 26.6. The van der Waals surface area contributed by atoms with Crippen molar-refractivity contribution in [2.45, 2.75) is 19.5 Å². The number of nitrogens with one attached hydrogen (secondary N) is 1. The van der Waals surface area contributed by atoms with Crippen molar-refractivity contribution in [2.75, 3.05) is 0 Å². The number of amides is 1. The average Bonchev–Trinajstić information content (AvgIpc) is 3.09. The van der Waals surface area contributed by atoms with Crippen LogP contribution >= 0.6 is 18.6 Å². The van der Waals surface area contributed by atoms with Crippen molar-refractivity contribution in [3.05, 3.63) is 101 Å². The van der Waals surface area contributed by atoms with Gasteiger partial charge < -0.3 is 10.5 Å². The fourth-order valence-corrected chi connectivity index (χ4v) is 2.59. The van der Waals surface area contributed by atoms with Crippen molar-refractivity contribution in [3.8, 4) is 11.1 Å². The number of carbonyl (C=O) groups excluding carboxylic acids is 1. The Bertz CT molecular complexity index is 801. The summed E-state index contributed by atoms with van der Waals surface area (Å²) in [5, 5.41) is 0. The summed E-state index contributed by atoms with van der Waals surface area (Å²) in [6.45, 7) is 4.42. The van der Waals surface area contributed by atoms with Gasteiger partial charge in [0, 0.05) is 9.52 Å². The number of benzene rings is 3. The van der Waals surface area contributed by atoms with Gasteiger partial charge in [0.25, 0.3) is 0 Å². The van der Waals surface area contributed by atoms with E-state index < -0.39 is 22.9 Å². The van der Waals surface area contributed by atoms with Crippen LogP contribution in [0.1, 0.15) is 21.5 Å². The monoisotopic (exact) mass is 462 g/mol. The first kappa shape index (κ1) is 24.7. The first-order valence-corrected chi connectivity index (χ1v) is 15.3. The van der Waals surface area contributed by atoms with Crippen LogP contribution in [-0.4, -0.2) is 15.4 Å². The molecular formula is C22H22Cl2NOSiTi-2. The zero-order chi connectivity index (χ0) is 20.8. The molecule has 1 aliphatic carbocycles. The van der Waals surface area contributed by atoms with Crippen LogP contribution in [-0.2, 0) is 23.5 Å². The maximum Gasteiger partial charge on any atom is 0.0796 e. The first-order valence-electron chi connectivity index (χ1n) is 8.68. The first-order chi connectivity index (χ1) is 13.6. The average molecular weight is 463 g/mol. The van der Waals surface area contributed by atoms with E-state index in [9.17, 15) is 4.79 Å². The van der Waals surface area contributed by atoms with Crippen molar-refractivity contribution in [3.63, 3.8) is 0 Å². The fraction of sp³-hybridized carbons (Fsp3) is 0.136. The third-order valence-electron chi connectivity index (χ3n) is 3.65. The van der Waals surface area contributed by atoms with Gasteiger partial charge in [0.05, 0.1) is 5.91 Å². The molecule has 0 atom stereocenters. The van der Waals surface area contributed by atoms with E-state index in [4.69, 9.17) is 24.3 Å². The van der Waals surface area contributed by atoms with Crippen LogP contribution in [0.3, 0.4) is 0 Å². The summed E-state index contributed by atoms with van der Waals surface area (Å²) in [5.41, 5.74) is 12.6. The minimum atomic E-state index is -0.629. The van der Waals surface area contributed by atoms with Gasteiger partial charge >= 0.3 is 35.6 Å². The van der Waals surface area contributed by atoms with Crippen LogP contribution in [0.15, 0.2) is 72.8 Å². The Labute approximate surface area is 187 Å². The molecule has 0 saturated carbocycles. The summed E-state index contributed by atoms with van der Waals surface area (Å²) >= 11 is -0.556. The van der Waals surface area contributed by atoms with Gasteiger partial charge in [-0.1, -0.05) is 78.8 Å². The molecule has 4 rings (SSSR count). The molecule has 0 unspecified atom stereocenters. The SMILES string of the molecule is C[SiH]C.[Cl][Ti][Cl].[NH-]C(=O)c1ccccc1.[c-]1cccc2c1Cc1ccccc1-2. The fourth-order valence-electron chi connectivity index (χ4n) is 2.59. The Morgan fingerprint density at radius 1 is 0.964 bits per heavy atom. The van der Waals surface area contributed by atoms with Gasteiger partial charge in [0.2, 0.25) is 0 Å². The van der Waals surface area contributed by atoms with E-state index in [2.05, 4.69) is 55.6 Å². The predicted molar refractivity (Wildman–Crippen MR) is 119 cm³/mol. The molecule has 0 saturated heterocycles. The maximum atomic E-state index is 10.3. The number of hydrogen-bond donors (Lipinski definition) is 0. The van der Waals surface area contributed by atoms with E-state index in [1.165, 1.54) is 22.3 Å². The zero-order valence-corrected chi connectivity index (χ0v) is 20.1. The molecule has 145 valence electrons. The molecule has 1 radical (unpaired) electrons. The Balaban J connectivity index is 0.000000229. The number of halogens is 2. The maximum absolute atomic E-state index is 10.3. The predicted octanol–water partition coefficient (Wildman–Crippen LogP) is 6.83. The molecule has 0 fully saturated rings. The molecule has 2 nitrogen and oxygen atoms in total. The molecule has 1 N–H and O–H groups in total. The molecule has 3 aromatic carbocycles. The van der Waals surface area contributed by atoms with E-state index in [1.54, 1.807) is 24.3 Å². The second-order valence-corrected chi connectivity index (χ2v) is 9.47. The van der Waals surface area contributed by atoms with Crippen molar-refractivity contribution in [1.82, 2.24) is 0 Å². The van der Waals surface area contributed by atoms with Gasteiger partial charge in [-0.05, 0) is 12.0 Å². The van der Waals surface area contributed by atoms with Crippen molar-refractivity contribution >= 4 is 34.0 Å². The Hall–Kier alpha value is -1.36. The number of hydrogen-bond acceptors (Lipinski definition) is 1. The summed E-state index contributed by atoms with van der Waals surface area (Å²) in [7, 11) is 10.5. The Morgan fingerprint density at radius 2 is 1.50 bits per heavy atom.